The summed E-state index contributed by atoms with van der Waals surface area (Å²) in [4.78, 5) is 4.30. The summed E-state index contributed by atoms with van der Waals surface area (Å²) in [6.07, 6.45) is 2.35. The topological polar surface area (TPSA) is 50.4 Å². The number of rotatable bonds is 2. The second kappa shape index (κ2) is 3.70. The van der Waals surface area contributed by atoms with Crippen LogP contribution in [0.3, 0.4) is 0 Å². The fourth-order valence-electron chi connectivity index (χ4n) is 1.30. The van der Waals surface area contributed by atoms with Gasteiger partial charge >= 0.3 is 0 Å². The molecule has 3 nitrogen and oxygen atoms in total. The first-order chi connectivity index (χ1) is 6.74. The molecule has 2 rings (SSSR count). The van der Waals surface area contributed by atoms with Crippen LogP contribution in [0.4, 0.5) is 5.69 Å². The van der Waals surface area contributed by atoms with Crippen molar-refractivity contribution in [2.45, 2.75) is 25.8 Å². The molecule has 14 heavy (non-hydrogen) atoms. The molecule has 0 bridgehead atoms. The predicted molar refractivity (Wildman–Crippen MR) is 59.4 cm³/mol. The summed E-state index contributed by atoms with van der Waals surface area (Å²) < 4.78 is 0. The molecule has 1 fully saturated rings. The number of nitrogens with two attached hydrogens (primary N) is 1. The summed E-state index contributed by atoms with van der Waals surface area (Å²) in [5.74, 6) is 0.526. The molecule has 0 aliphatic heterocycles. The summed E-state index contributed by atoms with van der Waals surface area (Å²) in [5.41, 5.74) is 7.96. The molecule has 0 amide bonds. The molecule has 0 atom stereocenters. The van der Waals surface area contributed by atoms with E-state index in [9.17, 15) is 0 Å². The summed E-state index contributed by atoms with van der Waals surface area (Å²) in [6, 6.07) is 8.56. The SMILES string of the molecule is Cc1cccc(NC(N)=NC2CC2)c1. The molecule has 0 heterocycles. The average molecular weight is 189 g/mol. The molecule has 0 radical (unpaired) electrons. The summed E-state index contributed by atoms with van der Waals surface area (Å²) >= 11 is 0. The van der Waals surface area contributed by atoms with E-state index in [1.54, 1.807) is 0 Å². The molecule has 0 unspecified atom stereocenters. The maximum Gasteiger partial charge on any atom is 0.193 e. The van der Waals surface area contributed by atoms with E-state index in [2.05, 4.69) is 29.4 Å². The number of aliphatic imine (C=N–C) groups is 1. The van der Waals surface area contributed by atoms with Crippen molar-refractivity contribution in [3.8, 4) is 0 Å². The lowest BCUT2D eigenvalue weighted by Gasteiger charge is -2.05. The first-order valence-corrected chi connectivity index (χ1v) is 4.91. The molecule has 1 aliphatic rings. The summed E-state index contributed by atoms with van der Waals surface area (Å²) in [6.45, 7) is 2.05. The Kier molecular flexibility index (Phi) is 2.39. The molecule has 1 aliphatic carbocycles. The molecule has 74 valence electrons. The lowest BCUT2D eigenvalue weighted by molar-refractivity contribution is 1.06. The van der Waals surface area contributed by atoms with Gasteiger partial charge in [-0.1, -0.05) is 12.1 Å². The van der Waals surface area contributed by atoms with Crippen LogP contribution in [0.1, 0.15) is 18.4 Å². The van der Waals surface area contributed by atoms with E-state index in [-0.39, 0.29) is 0 Å². The van der Waals surface area contributed by atoms with Gasteiger partial charge in [0.15, 0.2) is 5.96 Å². The highest BCUT2D eigenvalue weighted by Crippen LogP contribution is 2.23. The third-order valence-electron chi connectivity index (χ3n) is 2.16. The van der Waals surface area contributed by atoms with Gasteiger partial charge < -0.3 is 11.1 Å². The zero-order valence-electron chi connectivity index (χ0n) is 8.33. The van der Waals surface area contributed by atoms with Crippen LogP contribution in [-0.2, 0) is 0 Å². The van der Waals surface area contributed by atoms with Gasteiger partial charge in [-0.2, -0.15) is 0 Å². The number of nitrogens with one attached hydrogen (secondary N) is 1. The van der Waals surface area contributed by atoms with Crippen LogP contribution in [0.5, 0.6) is 0 Å². The predicted octanol–water partition coefficient (Wildman–Crippen LogP) is 1.88. The van der Waals surface area contributed by atoms with Crippen molar-refractivity contribution in [2.24, 2.45) is 10.7 Å². The van der Waals surface area contributed by atoms with Crippen molar-refractivity contribution in [2.75, 3.05) is 5.32 Å². The molecule has 1 aromatic carbocycles. The Balaban J connectivity index is 2.02. The van der Waals surface area contributed by atoms with Gasteiger partial charge in [-0.3, -0.25) is 0 Å². The Morgan fingerprint density at radius 1 is 1.50 bits per heavy atom. The van der Waals surface area contributed by atoms with Crippen LogP contribution >= 0.6 is 0 Å². The van der Waals surface area contributed by atoms with Crippen molar-refractivity contribution in [1.29, 1.82) is 0 Å². The minimum atomic E-state index is 0.465. The van der Waals surface area contributed by atoms with Gasteiger partial charge in [0, 0.05) is 5.69 Å². The Hall–Kier alpha value is -1.51. The Morgan fingerprint density at radius 2 is 2.29 bits per heavy atom. The number of anilines is 1. The van der Waals surface area contributed by atoms with Crippen LogP contribution in [0.15, 0.2) is 29.3 Å². The van der Waals surface area contributed by atoms with Crippen molar-refractivity contribution >= 4 is 11.6 Å². The largest absolute Gasteiger partial charge is 0.370 e. The minimum absolute atomic E-state index is 0.465. The van der Waals surface area contributed by atoms with E-state index in [1.807, 2.05) is 12.1 Å². The molecular weight excluding hydrogens is 174 g/mol. The number of hydrogen-bond donors (Lipinski definition) is 2. The Bertz CT molecular complexity index is 353. The third-order valence-corrected chi connectivity index (χ3v) is 2.16. The maximum atomic E-state index is 5.74. The highest BCUT2D eigenvalue weighted by atomic mass is 15.1. The first kappa shape index (κ1) is 9.06. The monoisotopic (exact) mass is 189 g/mol. The molecule has 3 N–H and O–H groups in total. The van der Waals surface area contributed by atoms with Gasteiger partial charge in [0.1, 0.15) is 0 Å². The fourth-order valence-corrected chi connectivity index (χ4v) is 1.30. The van der Waals surface area contributed by atoms with Crippen molar-refractivity contribution < 1.29 is 0 Å². The van der Waals surface area contributed by atoms with E-state index in [4.69, 9.17) is 5.73 Å². The zero-order valence-corrected chi connectivity index (χ0v) is 8.33. The molecule has 0 saturated heterocycles. The first-order valence-electron chi connectivity index (χ1n) is 4.91. The molecule has 0 spiro atoms. The third kappa shape index (κ3) is 2.49. The van der Waals surface area contributed by atoms with E-state index in [0.717, 1.165) is 5.69 Å². The van der Waals surface area contributed by atoms with E-state index >= 15 is 0 Å². The van der Waals surface area contributed by atoms with Gasteiger partial charge in [0.05, 0.1) is 6.04 Å². The van der Waals surface area contributed by atoms with Gasteiger partial charge in [-0.25, -0.2) is 4.99 Å². The second-order valence-corrected chi connectivity index (χ2v) is 3.74. The molecule has 0 aromatic heterocycles. The Labute approximate surface area is 84.0 Å². The van der Waals surface area contributed by atoms with Crippen LogP contribution in [0.2, 0.25) is 0 Å². The van der Waals surface area contributed by atoms with E-state index < -0.39 is 0 Å². The summed E-state index contributed by atoms with van der Waals surface area (Å²) in [7, 11) is 0. The van der Waals surface area contributed by atoms with Crippen molar-refractivity contribution in [1.82, 2.24) is 0 Å². The number of benzene rings is 1. The van der Waals surface area contributed by atoms with Crippen molar-refractivity contribution in [3.63, 3.8) is 0 Å². The van der Waals surface area contributed by atoms with Gasteiger partial charge in [-0.05, 0) is 37.5 Å². The second-order valence-electron chi connectivity index (χ2n) is 3.74. The zero-order chi connectivity index (χ0) is 9.97. The summed E-state index contributed by atoms with van der Waals surface area (Å²) in [5, 5.41) is 3.08. The van der Waals surface area contributed by atoms with Crippen LogP contribution < -0.4 is 11.1 Å². The number of guanidine groups is 1. The number of aryl methyl sites for hydroxylation is 1. The minimum Gasteiger partial charge on any atom is -0.370 e. The molecular formula is C11H15N3. The maximum absolute atomic E-state index is 5.74. The van der Waals surface area contributed by atoms with Crippen LogP contribution in [0.25, 0.3) is 0 Å². The molecule has 1 saturated carbocycles. The molecule has 3 heteroatoms. The normalized spacial score (nSPS) is 16.8. The van der Waals surface area contributed by atoms with Gasteiger partial charge in [0.25, 0.3) is 0 Å². The Morgan fingerprint density at radius 3 is 2.93 bits per heavy atom. The van der Waals surface area contributed by atoms with E-state index in [0.29, 0.717) is 12.0 Å². The van der Waals surface area contributed by atoms with Crippen LogP contribution in [-0.4, -0.2) is 12.0 Å². The number of hydrogen-bond acceptors (Lipinski definition) is 1. The van der Waals surface area contributed by atoms with Crippen molar-refractivity contribution in [3.05, 3.63) is 29.8 Å². The van der Waals surface area contributed by atoms with E-state index in [1.165, 1.54) is 18.4 Å². The number of nitrogens with zero attached hydrogens (tertiary/aromatic N) is 1. The smallest absolute Gasteiger partial charge is 0.193 e. The highest BCUT2D eigenvalue weighted by molar-refractivity contribution is 5.92. The average Bonchev–Trinajstić information content (AvgIpc) is 2.87. The fraction of sp³-hybridized carbons (Fsp3) is 0.364. The standard InChI is InChI=1S/C11H15N3/c1-8-3-2-4-10(7-8)14-11(12)13-9-5-6-9/h2-4,7,9H,5-6H2,1H3,(H3,12,13,14). The lowest BCUT2D eigenvalue weighted by Crippen LogP contribution is -2.23. The van der Waals surface area contributed by atoms with Gasteiger partial charge in [0.2, 0.25) is 0 Å². The lowest BCUT2D eigenvalue weighted by atomic mass is 10.2. The quantitative estimate of drug-likeness (QED) is 0.551. The highest BCUT2D eigenvalue weighted by Gasteiger charge is 2.20. The van der Waals surface area contributed by atoms with Gasteiger partial charge in [-0.15, -0.1) is 0 Å². The van der Waals surface area contributed by atoms with Crippen LogP contribution in [0, 0.1) is 6.92 Å². The molecule has 1 aromatic rings.